The summed E-state index contributed by atoms with van der Waals surface area (Å²) < 4.78 is 148. The lowest BCUT2D eigenvalue weighted by molar-refractivity contribution is -0.221. The highest BCUT2D eigenvalue weighted by Gasteiger charge is 2.57. The zero-order chi connectivity index (χ0) is 46.4. The lowest BCUT2D eigenvalue weighted by Gasteiger charge is -2.38. The van der Waals surface area contributed by atoms with Gasteiger partial charge in [-0.15, -0.1) is 0 Å². The number of benzene rings is 2. The van der Waals surface area contributed by atoms with Crippen molar-refractivity contribution in [3.8, 4) is 11.3 Å². The van der Waals surface area contributed by atoms with Crippen molar-refractivity contribution >= 4 is 46.6 Å². The molecule has 0 unspecified atom stereocenters. The molecule has 1 aromatic heterocycles. The minimum Gasteiger partial charge on any atom is -0.465 e. The minimum atomic E-state index is -5.25. The van der Waals surface area contributed by atoms with Gasteiger partial charge < -0.3 is 30.9 Å². The van der Waals surface area contributed by atoms with Gasteiger partial charge in [0.2, 0.25) is 5.91 Å². The third-order valence-electron chi connectivity index (χ3n) is 9.58. The lowest BCUT2D eigenvalue weighted by Crippen LogP contribution is -2.63. The molecule has 0 aliphatic heterocycles. The summed E-state index contributed by atoms with van der Waals surface area (Å²) in [5.74, 6) is -6.15. The van der Waals surface area contributed by atoms with Crippen molar-refractivity contribution in [3.63, 3.8) is 0 Å². The van der Waals surface area contributed by atoms with E-state index in [1.165, 1.54) is 17.4 Å². The molecular formula is C36H40F10IN7O7. The topological polar surface area (TPSA) is 187 Å². The third kappa shape index (κ3) is 12.8. The summed E-state index contributed by atoms with van der Waals surface area (Å²) >= 11 is 1.94. The highest BCUT2D eigenvalue weighted by molar-refractivity contribution is 14.1. The summed E-state index contributed by atoms with van der Waals surface area (Å²) in [5.41, 5.74) is -5.54. The number of hydrazine groups is 1. The number of alkyl carbamates (subject to hydrolysis) is 1. The first kappa shape index (κ1) is 50.4. The molecule has 0 saturated heterocycles. The minimum absolute atomic E-state index is 0.186. The largest absolute Gasteiger partial charge is 0.465 e. The van der Waals surface area contributed by atoms with Crippen molar-refractivity contribution in [3.05, 3.63) is 75.0 Å². The summed E-state index contributed by atoms with van der Waals surface area (Å²) in [4.78, 5) is 50.9. The van der Waals surface area contributed by atoms with E-state index in [1.54, 1.807) is 17.4 Å². The van der Waals surface area contributed by atoms with Crippen molar-refractivity contribution < 1.29 is 78.0 Å². The number of aliphatic hydroxyl groups is 1. The molecule has 0 fully saturated rings. The van der Waals surface area contributed by atoms with Crippen LogP contribution in [0.4, 0.5) is 53.5 Å². The molecule has 338 valence electrons. The van der Waals surface area contributed by atoms with Gasteiger partial charge in [-0.1, -0.05) is 12.1 Å². The van der Waals surface area contributed by atoms with E-state index < -0.39 is 115 Å². The summed E-state index contributed by atoms with van der Waals surface area (Å²) in [7, 11) is 0.809. The first-order valence-electron chi connectivity index (χ1n) is 17.6. The van der Waals surface area contributed by atoms with E-state index >= 15 is 8.78 Å². The van der Waals surface area contributed by atoms with Crippen LogP contribution in [-0.4, -0.2) is 99.2 Å². The normalized spacial score (nSPS) is 14.5. The molecule has 3 rings (SSSR count). The Morgan fingerprint density at radius 1 is 0.852 bits per heavy atom. The molecule has 0 saturated carbocycles. The molecule has 0 aliphatic rings. The number of alkyl halides is 8. The van der Waals surface area contributed by atoms with Crippen LogP contribution in [0.25, 0.3) is 11.3 Å². The molecule has 3 aromatic rings. The second kappa shape index (κ2) is 19.9. The number of carboxylic acid groups (broad SMARTS) is 1. The maximum Gasteiger partial charge on any atom is 0.407 e. The summed E-state index contributed by atoms with van der Waals surface area (Å²) in [6.45, 7) is -3.28. The Morgan fingerprint density at radius 3 is 1.84 bits per heavy atom. The van der Waals surface area contributed by atoms with Gasteiger partial charge in [0.1, 0.15) is 23.7 Å². The predicted octanol–water partition coefficient (Wildman–Crippen LogP) is 6.29. The van der Waals surface area contributed by atoms with E-state index in [9.17, 15) is 64.5 Å². The van der Waals surface area contributed by atoms with Crippen LogP contribution in [0.2, 0.25) is 0 Å². The van der Waals surface area contributed by atoms with Crippen LogP contribution in [0, 0.1) is 26.0 Å². The number of methoxy groups -OCH3 is 1. The van der Waals surface area contributed by atoms with Gasteiger partial charge >= 0.3 is 31.1 Å². The Morgan fingerprint density at radius 2 is 1.38 bits per heavy atom. The molecule has 14 nitrogen and oxygen atoms in total. The van der Waals surface area contributed by atoms with E-state index in [1.807, 2.05) is 28.0 Å². The molecule has 4 amide bonds. The molecule has 1 heterocycles. The third-order valence-corrected chi connectivity index (χ3v) is 10.3. The number of carbonyl (C=O) groups excluding carboxylic acids is 3. The molecule has 4 atom stereocenters. The molecule has 25 heteroatoms. The number of nitrogens with zero attached hydrogens (tertiary/aromatic N) is 3. The molecule has 0 aliphatic carbocycles. The van der Waals surface area contributed by atoms with E-state index in [0.29, 0.717) is 54.0 Å². The van der Waals surface area contributed by atoms with Crippen LogP contribution in [0.3, 0.4) is 0 Å². The van der Waals surface area contributed by atoms with Crippen LogP contribution < -0.4 is 21.4 Å². The van der Waals surface area contributed by atoms with Crippen LogP contribution in [0.5, 0.6) is 0 Å². The van der Waals surface area contributed by atoms with Crippen LogP contribution in [0.1, 0.15) is 45.4 Å². The van der Waals surface area contributed by atoms with Crippen molar-refractivity contribution in [2.45, 2.75) is 83.8 Å². The van der Waals surface area contributed by atoms with Crippen LogP contribution >= 0.6 is 22.6 Å². The van der Waals surface area contributed by atoms with Gasteiger partial charge in [-0.05, 0) is 92.6 Å². The highest BCUT2D eigenvalue weighted by Crippen LogP contribution is 2.42. The number of halogens is 11. The Kier molecular flexibility index (Phi) is 16.4. The number of rotatable bonds is 17. The quantitative estimate of drug-likeness (QED) is 0.0514. The smallest absolute Gasteiger partial charge is 0.407 e. The number of carbonyl (C=O) groups is 4. The monoisotopic (exact) mass is 999 g/mol. The molecule has 61 heavy (non-hydrogen) atoms. The maximum absolute atomic E-state index is 15.7. The second-order valence-corrected chi connectivity index (χ2v) is 15.9. The number of ether oxygens (including phenoxy) is 1. The van der Waals surface area contributed by atoms with Gasteiger partial charge in [-0.25, -0.2) is 28.1 Å². The fourth-order valence-electron chi connectivity index (χ4n) is 5.62. The summed E-state index contributed by atoms with van der Waals surface area (Å²) in [5, 5.41) is 30.4. The number of nitrogens with one attached hydrogen (secondary N) is 4. The fraction of sp³-hybridized carbons (Fsp3) is 0.472. The summed E-state index contributed by atoms with van der Waals surface area (Å²) in [6.07, 6.45) is -15.7. The van der Waals surface area contributed by atoms with Crippen LogP contribution in [0.15, 0.2) is 48.7 Å². The number of amides is 4. The Hall–Kier alpha value is -4.92. The van der Waals surface area contributed by atoms with Gasteiger partial charge in [-0.2, -0.15) is 40.2 Å². The zero-order valence-corrected chi connectivity index (χ0v) is 34.7. The van der Waals surface area contributed by atoms with Crippen molar-refractivity contribution in [2.24, 2.45) is 10.8 Å². The number of hydrogen-bond donors (Lipinski definition) is 6. The number of aliphatic hydroxyl groups excluding tert-OH is 1. The SMILES string of the molecule is COC(=O)N[C@H](C(=O)N[C@@H](Cc1ccc(I)cc1)[C@@H](O)CN(Cc1c(F)cc(-c2ccn(C(F)F)n2)cc1F)NC(=O)[C@@H](NC(=O)O)C(C)(C)C(F)(F)F)C(C)(C)C(F)(F)F. The van der Waals surface area contributed by atoms with Crippen molar-refractivity contribution in [2.75, 3.05) is 13.7 Å². The maximum atomic E-state index is 15.7. The average Bonchev–Trinajstić information content (AvgIpc) is 3.64. The Bertz CT molecular complexity index is 2010. The molecule has 0 radical (unpaired) electrons. The van der Waals surface area contributed by atoms with Gasteiger partial charge in [0.05, 0.1) is 35.8 Å². The number of aromatic nitrogens is 2. The molecular weight excluding hydrogens is 959 g/mol. The highest BCUT2D eigenvalue weighted by atomic mass is 127. The number of hydrogen-bond acceptors (Lipinski definition) is 8. The standard InChI is InChI=1S/C36H40F10IN7O7/c1-33(2,35(41,42)43)26(50-32(60)61-5)28(56)48-24(12-17-6-8-19(47)9-7-17)25(55)16-53(52-29(57)27(49-31(58)59)34(3,4)36(44,45)46)15-20-21(37)13-18(14-22(20)38)23-10-11-54(51-23)30(39)40/h6-11,13-14,24-27,30,49,55H,12,15-16H2,1-5H3,(H,48,56)(H,50,60)(H,52,57)(H,58,59)/t24-,25-,26+,27+/m0/s1. The van der Waals surface area contributed by atoms with E-state index in [0.717, 1.165) is 19.4 Å². The zero-order valence-electron chi connectivity index (χ0n) is 32.6. The van der Waals surface area contributed by atoms with Crippen LogP contribution in [-0.2, 0) is 27.3 Å². The predicted molar refractivity (Wildman–Crippen MR) is 202 cm³/mol. The van der Waals surface area contributed by atoms with Gasteiger partial charge in [0, 0.05) is 34.0 Å². The van der Waals surface area contributed by atoms with E-state index in [2.05, 4.69) is 15.2 Å². The Labute approximate surface area is 354 Å². The van der Waals surface area contributed by atoms with E-state index in [-0.39, 0.29) is 15.9 Å². The van der Waals surface area contributed by atoms with Crippen molar-refractivity contribution in [1.29, 1.82) is 0 Å². The second-order valence-electron chi connectivity index (χ2n) is 14.6. The average molecular weight is 1000 g/mol. The van der Waals surface area contributed by atoms with Crippen molar-refractivity contribution in [1.82, 2.24) is 36.2 Å². The summed E-state index contributed by atoms with van der Waals surface area (Å²) in [6, 6.07) is 1.64. The Balaban J connectivity index is 2.15. The molecule has 6 N–H and O–H groups in total. The first-order chi connectivity index (χ1) is 28.0. The fourth-order valence-corrected chi connectivity index (χ4v) is 5.97. The molecule has 0 bridgehead atoms. The molecule has 0 spiro atoms. The lowest BCUT2D eigenvalue weighted by atomic mass is 9.82. The van der Waals surface area contributed by atoms with E-state index in [4.69, 9.17) is 0 Å². The van der Waals surface area contributed by atoms with Gasteiger partial charge in [0.25, 0.3) is 5.91 Å². The first-order valence-corrected chi connectivity index (χ1v) is 18.6. The van der Waals surface area contributed by atoms with Gasteiger partial charge in [0.15, 0.2) is 0 Å². The molecule has 2 aromatic carbocycles. The van der Waals surface area contributed by atoms with Gasteiger partial charge in [-0.3, -0.25) is 15.0 Å².